The summed E-state index contributed by atoms with van der Waals surface area (Å²) in [7, 11) is 4.92. The van der Waals surface area contributed by atoms with Crippen molar-refractivity contribution in [3.63, 3.8) is 0 Å². The standard InChI is InChI=1S/4C21H15FN2O5S2.C2H4O2/c4*1-10-18(20(28)29-2)31-21(23-10)24-15(11-5-7-12(22)8-6-11)14(17(26)19(24)27)16(25)13-4-3-9-30-13;1-2(3)4/h4*3-9,15,26H,1-2H3;1H3,(H,3,4). The van der Waals surface area contributed by atoms with Gasteiger partial charge in [0.1, 0.15) is 42.8 Å². The number of Topliss-reactive ketones (excluding diaryl/α,β-unsaturated/α-hetero) is 4. The van der Waals surface area contributed by atoms with E-state index in [4.69, 9.17) is 28.8 Å². The fraction of sp³-hybridized carbons (Fsp3) is 0.151. The molecule has 4 aliphatic rings. The molecule has 0 aliphatic carbocycles. The third-order valence-electron chi connectivity index (χ3n) is 19.0. The molecule has 0 bridgehead atoms. The Kier molecular flexibility index (Phi) is 28.9. The number of aliphatic hydroxyl groups is 4. The van der Waals surface area contributed by atoms with Gasteiger partial charge in [-0.2, -0.15) is 0 Å². The zero-order valence-corrected chi connectivity index (χ0v) is 74.0. The third-order valence-corrected chi connectivity index (χ3v) is 27.0. The molecule has 656 valence electrons. The molecular formula is C86H64F4N8O22S8. The van der Waals surface area contributed by atoms with Crippen LogP contribution >= 0.6 is 90.7 Å². The molecule has 5 N–H and O–H groups in total. The van der Waals surface area contributed by atoms with E-state index >= 15 is 0 Å². The number of aromatic nitrogens is 4. The number of aliphatic carboxylic acids is 1. The van der Waals surface area contributed by atoms with E-state index < -0.39 is 147 Å². The minimum atomic E-state index is -1.04. The Bertz CT molecular complexity index is 5750. The van der Waals surface area contributed by atoms with Gasteiger partial charge in [0, 0.05) is 6.92 Å². The van der Waals surface area contributed by atoms with Crippen molar-refractivity contribution in [2.75, 3.05) is 48.0 Å². The van der Waals surface area contributed by atoms with Gasteiger partial charge in [0.15, 0.2) is 43.6 Å². The zero-order chi connectivity index (χ0) is 92.7. The summed E-state index contributed by atoms with van der Waals surface area (Å²) in [5.74, 6) is -13.5. The van der Waals surface area contributed by atoms with Crippen LogP contribution in [0.5, 0.6) is 0 Å². The Morgan fingerprint density at radius 1 is 0.320 bits per heavy atom. The van der Waals surface area contributed by atoms with Crippen LogP contribution in [0.25, 0.3) is 0 Å². The molecule has 0 saturated carbocycles. The number of thiophene rings is 4. The maximum atomic E-state index is 13.5. The van der Waals surface area contributed by atoms with Crippen molar-refractivity contribution in [1.29, 1.82) is 0 Å². The van der Waals surface area contributed by atoms with Crippen LogP contribution in [0.2, 0.25) is 0 Å². The molecule has 128 heavy (non-hydrogen) atoms. The summed E-state index contributed by atoms with van der Waals surface area (Å²) in [5, 5.41) is 57.3. The first-order valence-electron chi connectivity index (χ1n) is 36.9. The Morgan fingerprint density at radius 3 is 0.641 bits per heavy atom. The molecule has 4 atom stereocenters. The molecule has 4 aliphatic heterocycles. The van der Waals surface area contributed by atoms with Crippen molar-refractivity contribution in [3.05, 3.63) is 320 Å². The molecule has 12 aromatic rings. The monoisotopic (exact) mass is 1890 g/mol. The highest BCUT2D eigenvalue weighted by atomic mass is 32.1. The number of ether oxygens (including phenoxy) is 4. The summed E-state index contributed by atoms with van der Waals surface area (Å²) >= 11 is 8.32. The number of nitrogens with zero attached hydrogens (tertiary/aromatic N) is 8. The van der Waals surface area contributed by atoms with Crippen molar-refractivity contribution in [2.45, 2.75) is 58.8 Å². The second-order valence-corrected chi connectivity index (χ2v) is 34.6. The summed E-state index contributed by atoms with van der Waals surface area (Å²) in [6.45, 7) is 7.44. The highest BCUT2D eigenvalue weighted by Crippen LogP contribution is 2.50. The van der Waals surface area contributed by atoms with E-state index in [1.807, 2.05) is 0 Å². The van der Waals surface area contributed by atoms with Crippen LogP contribution in [-0.4, -0.2) is 151 Å². The molecule has 30 nitrogen and oxygen atoms in total. The quantitative estimate of drug-likeness (QED) is 0.0205. The maximum Gasteiger partial charge on any atom is 0.350 e. The van der Waals surface area contributed by atoms with Crippen LogP contribution < -0.4 is 19.6 Å². The summed E-state index contributed by atoms with van der Waals surface area (Å²) < 4.78 is 73.2. The van der Waals surface area contributed by atoms with Gasteiger partial charge in [-0.3, -0.25) is 62.8 Å². The van der Waals surface area contributed by atoms with E-state index in [0.29, 0.717) is 64.5 Å². The number of amides is 4. The number of aryl methyl sites for hydroxylation is 4. The minimum absolute atomic E-state index is 0.109. The zero-order valence-electron chi connectivity index (χ0n) is 67.5. The number of halogens is 4. The molecule has 0 saturated heterocycles. The number of anilines is 4. The van der Waals surface area contributed by atoms with Gasteiger partial charge in [0.05, 0.1) is 117 Å². The SMILES string of the molecule is CC(=O)O.COC(=O)c1sc(N2C(=O)C(O)=C(C(=O)c3cccs3)C2c2ccc(F)cc2)nc1C.COC(=O)c1sc(N2C(=O)C(O)=C(C(=O)c3cccs3)C2c2ccc(F)cc2)nc1C.COC(=O)c1sc(N2C(=O)C(O)=C(C(=O)c3cccs3)C2c2ccc(F)cc2)nc1C.COC(=O)c1sc(N2C(=O)C(O)=C(C(=O)c3cccs3)C2c2ccc(F)cc2)nc1C. The number of aliphatic hydroxyl groups excluding tert-OH is 4. The number of rotatable bonds is 20. The molecule has 8 aromatic heterocycles. The lowest BCUT2D eigenvalue weighted by molar-refractivity contribution is -0.134. The number of carbonyl (C=O) groups is 13. The van der Waals surface area contributed by atoms with E-state index in [1.54, 1.807) is 97.7 Å². The van der Waals surface area contributed by atoms with Crippen molar-refractivity contribution < 1.29 is 124 Å². The summed E-state index contributed by atoms with van der Waals surface area (Å²) in [6.07, 6.45) is 0. The first-order valence-corrected chi connectivity index (χ1v) is 43.7. The Hall–Kier alpha value is -14.0. The molecule has 0 spiro atoms. The van der Waals surface area contributed by atoms with Crippen molar-refractivity contribution in [2.24, 2.45) is 0 Å². The Morgan fingerprint density at radius 2 is 0.492 bits per heavy atom. The fourth-order valence-electron chi connectivity index (χ4n) is 13.2. The Balaban J connectivity index is 0.000000152. The molecule has 0 radical (unpaired) electrons. The van der Waals surface area contributed by atoms with Gasteiger partial charge in [-0.05, 0) is 144 Å². The number of thiazole rings is 4. The fourth-order valence-corrected chi connectivity index (χ4v) is 20.0. The molecule has 12 heterocycles. The second-order valence-electron chi connectivity index (χ2n) is 26.9. The first-order chi connectivity index (χ1) is 61.0. The van der Waals surface area contributed by atoms with E-state index in [2.05, 4.69) is 19.9 Å². The lowest BCUT2D eigenvalue weighted by Gasteiger charge is -2.24. The van der Waals surface area contributed by atoms with Gasteiger partial charge in [-0.1, -0.05) is 118 Å². The molecule has 4 amide bonds. The number of carbonyl (C=O) groups excluding carboxylic acids is 12. The third kappa shape index (κ3) is 18.9. The predicted molar refractivity (Wildman–Crippen MR) is 466 cm³/mol. The van der Waals surface area contributed by atoms with Crippen LogP contribution in [0, 0.1) is 51.0 Å². The minimum Gasteiger partial charge on any atom is -0.503 e. The van der Waals surface area contributed by atoms with Gasteiger partial charge >= 0.3 is 23.9 Å². The number of carboxylic acids is 1. The predicted octanol–water partition coefficient (Wildman–Crippen LogP) is 17.0. The highest BCUT2D eigenvalue weighted by molar-refractivity contribution is 7.19. The van der Waals surface area contributed by atoms with Gasteiger partial charge in [0.2, 0.25) is 23.1 Å². The second kappa shape index (κ2) is 39.7. The first kappa shape index (κ1) is 93.2. The van der Waals surface area contributed by atoms with Gasteiger partial charge < -0.3 is 44.5 Å². The van der Waals surface area contributed by atoms with Crippen molar-refractivity contribution in [1.82, 2.24) is 19.9 Å². The van der Waals surface area contributed by atoms with Gasteiger partial charge in [-0.15, -0.1) is 45.3 Å². The lowest BCUT2D eigenvalue weighted by Crippen LogP contribution is -2.31. The molecule has 4 unspecified atom stereocenters. The summed E-state index contributed by atoms with van der Waals surface area (Å²) in [6, 6.07) is 30.0. The van der Waals surface area contributed by atoms with E-state index in [-0.39, 0.29) is 62.3 Å². The number of ketones is 4. The van der Waals surface area contributed by atoms with E-state index in [1.165, 1.54) is 171 Å². The number of esters is 4. The summed E-state index contributed by atoms with van der Waals surface area (Å²) in [5.41, 5.74) is 2.47. The van der Waals surface area contributed by atoms with Crippen LogP contribution in [0.15, 0.2) is 212 Å². The van der Waals surface area contributed by atoms with E-state index in [9.17, 15) is 95.5 Å². The topological polar surface area (TPSA) is 424 Å². The molecule has 4 aromatic carbocycles. The molecular weight excluding hydrogens is 1830 g/mol. The van der Waals surface area contributed by atoms with Crippen molar-refractivity contribution >= 4 is 188 Å². The normalized spacial score (nSPS) is 15.9. The van der Waals surface area contributed by atoms with Crippen molar-refractivity contribution in [3.8, 4) is 0 Å². The number of hydrogen-bond acceptors (Lipinski definition) is 33. The number of carboxylic acid groups (broad SMARTS) is 1. The van der Waals surface area contributed by atoms with Crippen LogP contribution in [0.4, 0.5) is 38.1 Å². The average Bonchev–Trinajstić information content (AvgIpc) is 1.61. The smallest absolute Gasteiger partial charge is 0.350 e. The summed E-state index contributed by atoms with van der Waals surface area (Å²) in [4.78, 5) is 186. The largest absolute Gasteiger partial charge is 0.503 e. The Labute approximate surface area is 753 Å². The molecule has 16 rings (SSSR count). The maximum absolute atomic E-state index is 13.5. The number of methoxy groups -OCH3 is 4. The number of benzene rings is 4. The highest BCUT2D eigenvalue weighted by Gasteiger charge is 2.51. The van der Waals surface area contributed by atoms with Gasteiger partial charge in [-0.25, -0.2) is 56.7 Å². The average molecular weight is 1890 g/mol. The van der Waals surface area contributed by atoms with Crippen LogP contribution in [-0.2, 0) is 42.9 Å². The van der Waals surface area contributed by atoms with Gasteiger partial charge in [0.25, 0.3) is 29.6 Å². The van der Waals surface area contributed by atoms with Crippen LogP contribution in [0.3, 0.4) is 0 Å². The number of hydrogen-bond donors (Lipinski definition) is 5. The molecule has 42 heteroatoms. The lowest BCUT2D eigenvalue weighted by atomic mass is 9.95. The van der Waals surface area contributed by atoms with Crippen LogP contribution in [0.1, 0.15) is 153 Å². The van der Waals surface area contributed by atoms with E-state index in [0.717, 1.165) is 71.9 Å². The molecule has 0 fully saturated rings.